The molecule has 0 fully saturated rings. The zero-order chi connectivity index (χ0) is 12.4. The number of alkyl halides is 1. The summed E-state index contributed by atoms with van der Waals surface area (Å²) in [5.74, 6) is 0.102. The lowest BCUT2D eigenvalue weighted by molar-refractivity contribution is -0.115. The number of hydrogen-bond donors (Lipinski definition) is 3. The van der Waals surface area contributed by atoms with Crippen LogP contribution in [0.5, 0.6) is 0 Å². The first-order valence-electron chi connectivity index (χ1n) is 4.87. The molecule has 90 valence electrons. The predicted molar refractivity (Wildman–Crippen MR) is 70.6 cm³/mol. The van der Waals surface area contributed by atoms with Crippen molar-refractivity contribution < 1.29 is 4.79 Å². The maximum Gasteiger partial charge on any atom is 0.323 e. The van der Waals surface area contributed by atoms with Gasteiger partial charge in [0.15, 0.2) is 0 Å². The number of carbonyl (C=O) groups excluding carboxylic acids is 1. The highest BCUT2D eigenvalue weighted by atomic mass is 79.9. The smallest absolute Gasteiger partial charge is 0.323 e. The van der Waals surface area contributed by atoms with Crippen molar-refractivity contribution in [3.8, 4) is 0 Å². The molecule has 0 saturated heterocycles. The molecule has 0 spiro atoms. The third kappa shape index (κ3) is 2.70. The summed E-state index contributed by atoms with van der Waals surface area (Å²) >= 11 is 8.80. The molecule has 17 heavy (non-hydrogen) atoms. The van der Waals surface area contributed by atoms with Crippen LogP contribution in [0.25, 0.3) is 11.0 Å². The number of fused-ring (bicyclic) bond motifs is 1. The number of imidazole rings is 1. The molecule has 1 amide bonds. The summed E-state index contributed by atoms with van der Waals surface area (Å²) in [5, 5.41) is 2.71. The van der Waals surface area contributed by atoms with Crippen LogP contribution >= 0.6 is 27.5 Å². The number of carbonyl (C=O) groups is 1. The Bertz CT molecular complexity index is 620. The summed E-state index contributed by atoms with van der Waals surface area (Å²) in [6, 6.07) is 3.41. The molecule has 0 aliphatic rings. The van der Waals surface area contributed by atoms with E-state index in [1.54, 1.807) is 12.1 Å². The Morgan fingerprint density at radius 3 is 2.65 bits per heavy atom. The Hall–Kier alpha value is -1.27. The number of H-pyrrole nitrogens is 2. The van der Waals surface area contributed by atoms with Crippen LogP contribution in [-0.2, 0) is 4.79 Å². The molecule has 1 aromatic carbocycles. The van der Waals surface area contributed by atoms with Gasteiger partial charge < -0.3 is 15.3 Å². The summed E-state index contributed by atoms with van der Waals surface area (Å²) in [6.07, 6.45) is 0.246. The van der Waals surface area contributed by atoms with Crippen molar-refractivity contribution in [3.63, 3.8) is 0 Å². The van der Waals surface area contributed by atoms with Crippen LogP contribution in [0, 0.1) is 0 Å². The number of anilines is 1. The van der Waals surface area contributed by atoms with E-state index in [-0.39, 0.29) is 23.9 Å². The van der Waals surface area contributed by atoms with Gasteiger partial charge in [-0.05, 0) is 28.1 Å². The van der Waals surface area contributed by atoms with Gasteiger partial charge in [0.25, 0.3) is 0 Å². The normalized spacial score (nSPS) is 10.7. The maximum atomic E-state index is 11.4. The van der Waals surface area contributed by atoms with E-state index in [1.807, 2.05) is 0 Å². The minimum Gasteiger partial charge on any atom is -0.325 e. The van der Waals surface area contributed by atoms with Crippen molar-refractivity contribution in [2.75, 3.05) is 11.2 Å². The van der Waals surface area contributed by atoms with E-state index in [9.17, 15) is 9.59 Å². The van der Waals surface area contributed by atoms with E-state index in [4.69, 9.17) is 11.6 Å². The van der Waals surface area contributed by atoms with Crippen molar-refractivity contribution in [1.82, 2.24) is 9.97 Å². The molecule has 0 atom stereocenters. The van der Waals surface area contributed by atoms with Crippen LogP contribution in [0.4, 0.5) is 5.69 Å². The van der Waals surface area contributed by atoms with E-state index in [0.29, 0.717) is 21.2 Å². The van der Waals surface area contributed by atoms with Crippen molar-refractivity contribution in [2.45, 2.75) is 6.42 Å². The lowest BCUT2D eigenvalue weighted by Gasteiger charge is -2.06. The SMILES string of the molecule is O=C(CCCl)Nc1cc2[nH]c(=O)[nH]c2cc1Br. The Morgan fingerprint density at radius 2 is 2.00 bits per heavy atom. The second-order valence-electron chi connectivity index (χ2n) is 3.44. The predicted octanol–water partition coefficient (Wildman–Crippen LogP) is 2.19. The molecule has 0 saturated carbocycles. The van der Waals surface area contributed by atoms with Gasteiger partial charge in [0, 0.05) is 16.8 Å². The number of aromatic amines is 2. The van der Waals surface area contributed by atoms with E-state index in [1.165, 1.54) is 0 Å². The molecule has 1 aromatic heterocycles. The second-order valence-corrected chi connectivity index (χ2v) is 4.68. The number of aromatic nitrogens is 2. The van der Waals surface area contributed by atoms with Gasteiger partial charge in [0.2, 0.25) is 5.91 Å². The van der Waals surface area contributed by atoms with E-state index >= 15 is 0 Å². The largest absolute Gasteiger partial charge is 0.325 e. The lowest BCUT2D eigenvalue weighted by atomic mass is 10.2. The third-order valence-corrected chi connectivity index (χ3v) is 3.04. The third-order valence-electron chi connectivity index (χ3n) is 2.20. The van der Waals surface area contributed by atoms with Gasteiger partial charge in [0.05, 0.1) is 16.7 Å². The van der Waals surface area contributed by atoms with E-state index in [0.717, 1.165) is 0 Å². The zero-order valence-corrected chi connectivity index (χ0v) is 11.0. The molecule has 7 heteroatoms. The average Bonchev–Trinajstić information content (AvgIpc) is 2.58. The Kier molecular flexibility index (Phi) is 3.54. The van der Waals surface area contributed by atoms with Gasteiger partial charge in [0.1, 0.15) is 0 Å². The number of nitrogens with one attached hydrogen (secondary N) is 3. The molecule has 3 N–H and O–H groups in total. The highest BCUT2D eigenvalue weighted by Crippen LogP contribution is 2.26. The molecule has 1 heterocycles. The fourth-order valence-electron chi connectivity index (χ4n) is 1.45. The number of halogens is 2. The topological polar surface area (TPSA) is 77.8 Å². The summed E-state index contributed by atoms with van der Waals surface area (Å²) in [7, 11) is 0. The van der Waals surface area contributed by atoms with Crippen LogP contribution in [-0.4, -0.2) is 21.8 Å². The molecule has 2 aromatic rings. The average molecular weight is 319 g/mol. The first kappa shape index (κ1) is 12.2. The Balaban J connectivity index is 2.36. The highest BCUT2D eigenvalue weighted by Gasteiger charge is 2.08. The van der Waals surface area contributed by atoms with Crippen LogP contribution in [0.2, 0.25) is 0 Å². The van der Waals surface area contributed by atoms with Crippen molar-refractivity contribution >= 4 is 50.2 Å². The molecule has 0 unspecified atom stereocenters. The van der Waals surface area contributed by atoms with Gasteiger partial charge in [-0.1, -0.05) is 0 Å². The minimum absolute atomic E-state index is 0.169. The number of hydrogen-bond acceptors (Lipinski definition) is 2. The fourth-order valence-corrected chi connectivity index (χ4v) is 2.06. The molecule has 2 rings (SSSR count). The van der Waals surface area contributed by atoms with E-state index < -0.39 is 0 Å². The quantitative estimate of drug-likeness (QED) is 0.759. The monoisotopic (exact) mass is 317 g/mol. The van der Waals surface area contributed by atoms with E-state index in [2.05, 4.69) is 31.2 Å². The minimum atomic E-state index is -0.281. The fraction of sp³-hybridized carbons (Fsp3) is 0.200. The summed E-state index contributed by atoms with van der Waals surface area (Å²) < 4.78 is 0.697. The van der Waals surface area contributed by atoms with Gasteiger partial charge in [-0.3, -0.25) is 4.79 Å². The molecule has 0 aliphatic carbocycles. The van der Waals surface area contributed by atoms with Crippen molar-refractivity contribution in [1.29, 1.82) is 0 Å². The van der Waals surface area contributed by atoms with Gasteiger partial charge in [-0.2, -0.15) is 0 Å². The molecular formula is C10H9BrClN3O2. The van der Waals surface area contributed by atoms with Gasteiger partial charge in [-0.25, -0.2) is 4.79 Å². The molecule has 0 radical (unpaired) electrons. The highest BCUT2D eigenvalue weighted by molar-refractivity contribution is 9.10. The standard InChI is InChI=1S/C10H9BrClN3O2/c11-5-3-7-8(15-10(17)14-7)4-6(5)13-9(16)1-2-12/h3-4H,1-2H2,(H,13,16)(H2,14,15,17). The van der Waals surface area contributed by atoms with Crippen LogP contribution in [0.3, 0.4) is 0 Å². The first-order valence-corrected chi connectivity index (χ1v) is 6.20. The van der Waals surface area contributed by atoms with Crippen molar-refractivity contribution in [2.24, 2.45) is 0 Å². The van der Waals surface area contributed by atoms with Gasteiger partial charge in [-0.15, -0.1) is 11.6 Å². The maximum absolute atomic E-state index is 11.4. The second kappa shape index (κ2) is 4.93. The Labute approximate surface area is 110 Å². The first-order chi connectivity index (χ1) is 8.10. The summed E-state index contributed by atoms with van der Waals surface area (Å²) in [4.78, 5) is 27.8. The number of rotatable bonds is 3. The number of benzene rings is 1. The number of amides is 1. The molecule has 5 nitrogen and oxygen atoms in total. The van der Waals surface area contributed by atoms with Crippen LogP contribution in [0.15, 0.2) is 21.4 Å². The van der Waals surface area contributed by atoms with Gasteiger partial charge >= 0.3 is 5.69 Å². The molecular weight excluding hydrogens is 309 g/mol. The lowest BCUT2D eigenvalue weighted by Crippen LogP contribution is -2.12. The summed E-state index contributed by atoms with van der Waals surface area (Å²) in [6.45, 7) is 0. The van der Waals surface area contributed by atoms with Crippen LogP contribution < -0.4 is 11.0 Å². The summed E-state index contributed by atoms with van der Waals surface area (Å²) in [5.41, 5.74) is 1.63. The molecule has 0 bridgehead atoms. The van der Waals surface area contributed by atoms with Crippen molar-refractivity contribution in [3.05, 3.63) is 27.1 Å². The zero-order valence-electron chi connectivity index (χ0n) is 8.64. The van der Waals surface area contributed by atoms with Crippen LogP contribution in [0.1, 0.15) is 6.42 Å². The molecule has 0 aliphatic heterocycles. The Morgan fingerprint density at radius 1 is 1.35 bits per heavy atom.